The second-order valence-electron chi connectivity index (χ2n) is 4.84. The summed E-state index contributed by atoms with van der Waals surface area (Å²) in [5, 5.41) is 4.12. The lowest BCUT2D eigenvalue weighted by atomic mass is 10.3. The third kappa shape index (κ3) is 3.51. The third-order valence-electron chi connectivity index (χ3n) is 3.16. The molecule has 2 N–H and O–H groups in total. The Morgan fingerprint density at radius 3 is 3.14 bits per heavy atom. The molecule has 1 unspecified atom stereocenters. The largest absolute Gasteiger partial charge is 0.465 e. The Morgan fingerprint density at radius 2 is 2.38 bits per heavy atom. The van der Waals surface area contributed by atoms with Crippen molar-refractivity contribution in [2.75, 3.05) is 12.4 Å². The van der Waals surface area contributed by atoms with Gasteiger partial charge in [-0.3, -0.25) is 4.79 Å². The van der Waals surface area contributed by atoms with E-state index in [0.29, 0.717) is 24.0 Å². The molecule has 7 nitrogen and oxygen atoms in total. The summed E-state index contributed by atoms with van der Waals surface area (Å²) in [5.74, 6) is 0.368. The summed E-state index contributed by atoms with van der Waals surface area (Å²) in [7, 11) is 0. The van der Waals surface area contributed by atoms with Crippen molar-refractivity contribution in [1.29, 1.82) is 0 Å². The molecule has 21 heavy (non-hydrogen) atoms. The first-order valence-electron chi connectivity index (χ1n) is 6.97. The van der Waals surface area contributed by atoms with Crippen LogP contribution < -0.4 is 5.32 Å². The Hall–Kier alpha value is -1.67. The van der Waals surface area contributed by atoms with E-state index < -0.39 is 0 Å². The molecule has 2 aromatic heterocycles. The molecule has 0 spiro atoms. The van der Waals surface area contributed by atoms with Crippen LogP contribution in [0, 0.1) is 0 Å². The maximum absolute atomic E-state index is 12.0. The normalized spacial score (nSPS) is 16.0. The number of fused-ring (bicyclic) bond motifs is 1. The average Bonchev–Trinajstić information content (AvgIpc) is 3.17. The van der Waals surface area contributed by atoms with Crippen LogP contribution in [0.4, 0.5) is 0 Å². The van der Waals surface area contributed by atoms with Crippen LogP contribution in [-0.4, -0.2) is 50.3 Å². The van der Waals surface area contributed by atoms with Gasteiger partial charge in [0.05, 0.1) is 12.9 Å². The second-order valence-corrected chi connectivity index (χ2v) is 5.85. The number of aromatic nitrogens is 4. The zero-order valence-corrected chi connectivity index (χ0v) is 12.5. The van der Waals surface area contributed by atoms with Crippen LogP contribution >= 0.6 is 11.8 Å². The molecule has 8 heteroatoms. The van der Waals surface area contributed by atoms with Gasteiger partial charge in [-0.05, 0) is 19.8 Å². The number of nitrogens with zero attached hydrogens (tertiary/aromatic N) is 3. The van der Waals surface area contributed by atoms with Crippen LogP contribution in [-0.2, 0) is 9.53 Å². The topological polar surface area (TPSA) is 92.8 Å². The number of esters is 1. The molecule has 0 aliphatic heterocycles. The molecule has 3 rings (SSSR count). The summed E-state index contributed by atoms with van der Waals surface area (Å²) in [6.07, 6.45) is 5.33. The number of aromatic amines is 1. The van der Waals surface area contributed by atoms with Gasteiger partial charge < -0.3 is 15.0 Å². The molecule has 1 fully saturated rings. The van der Waals surface area contributed by atoms with E-state index >= 15 is 0 Å². The SMILES string of the molecule is CCOC(=O)C(CSc1ncnc2nc[nH]c12)NC1CC1. The van der Waals surface area contributed by atoms with Gasteiger partial charge in [0, 0.05) is 11.8 Å². The molecule has 0 amide bonds. The molecule has 0 radical (unpaired) electrons. The number of imidazole rings is 1. The Morgan fingerprint density at radius 1 is 1.52 bits per heavy atom. The summed E-state index contributed by atoms with van der Waals surface area (Å²) in [5.41, 5.74) is 1.44. The van der Waals surface area contributed by atoms with Crippen LogP contribution in [0.1, 0.15) is 19.8 Å². The van der Waals surface area contributed by atoms with Crippen molar-refractivity contribution in [3.63, 3.8) is 0 Å². The monoisotopic (exact) mass is 307 g/mol. The van der Waals surface area contributed by atoms with Gasteiger partial charge in [0.1, 0.15) is 22.9 Å². The van der Waals surface area contributed by atoms with E-state index in [1.807, 2.05) is 6.92 Å². The zero-order chi connectivity index (χ0) is 14.7. The van der Waals surface area contributed by atoms with Crippen molar-refractivity contribution in [2.45, 2.75) is 36.9 Å². The molecule has 1 aliphatic carbocycles. The molecule has 1 atom stereocenters. The maximum Gasteiger partial charge on any atom is 0.324 e. The van der Waals surface area contributed by atoms with Crippen LogP contribution in [0.15, 0.2) is 17.7 Å². The Balaban J connectivity index is 1.67. The van der Waals surface area contributed by atoms with Gasteiger partial charge in [-0.15, -0.1) is 11.8 Å². The lowest BCUT2D eigenvalue weighted by Gasteiger charge is -2.16. The highest BCUT2D eigenvalue weighted by Crippen LogP contribution is 2.25. The average molecular weight is 307 g/mol. The minimum Gasteiger partial charge on any atom is -0.465 e. The molecule has 0 saturated heterocycles. The molecule has 2 aromatic rings. The van der Waals surface area contributed by atoms with Crippen LogP contribution in [0.2, 0.25) is 0 Å². The van der Waals surface area contributed by atoms with Gasteiger partial charge in [-0.2, -0.15) is 0 Å². The predicted octanol–water partition coefficient (Wildman–Crippen LogP) is 1.13. The zero-order valence-electron chi connectivity index (χ0n) is 11.7. The van der Waals surface area contributed by atoms with E-state index in [1.54, 1.807) is 6.33 Å². The first-order chi connectivity index (χ1) is 10.3. The van der Waals surface area contributed by atoms with E-state index in [4.69, 9.17) is 4.74 Å². The fraction of sp³-hybridized carbons (Fsp3) is 0.538. The number of carbonyl (C=O) groups is 1. The quantitative estimate of drug-likeness (QED) is 0.450. The van der Waals surface area contributed by atoms with E-state index in [-0.39, 0.29) is 12.0 Å². The predicted molar refractivity (Wildman–Crippen MR) is 79.0 cm³/mol. The highest BCUT2D eigenvalue weighted by atomic mass is 32.2. The molecule has 0 bridgehead atoms. The molecule has 0 aromatic carbocycles. The van der Waals surface area contributed by atoms with Crippen molar-refractivity contribution < 1.29 is 9.53 Å². The smallest absolute Gasteiger partial charge is 0.324 e. The summed E-state index contributed by atoms with van der Waals surface area (Å²) in [6, 6.07) is 0.132. The Kier molecular flexibility index (Phi) is 4.35. The molecule has 2 heterocycles. The molecular formula is C13H17N5O2S. The van der Waals surface area contributed by atoms with Crippen molar-refractivity contribution in [3.8, 4) is 0 Å². The highest BCUT2D eigenvalue weighted by molar-refractivity contribution is 7.99. The maximum atomic E-state index is 12.0. The number of nitrogens with one attached hydrogen (secondary N) is 2. The highest BCUT2D eigenvalue weighted by Gasteiger charge is 2.29. The first-order valence-corrected chi connectivity index (χ1v) is 7.96. The van der Waals surface area contributed by atoms with E-state index in [1.165, 1.54) is 18.1 Å². The van der Waals surface area contributed by atoms with Crippen LogP contribution in [0.3, 0.4) is 0 Å². The number of hydrogen-bond acceptors (Lipinski definition) is 7. The Labute approximate surface area is 126 Å². The van der Waals surface area contributed by atoms with E-state index in [2.05, 4.69) is 25.3 Å². The summed E-state index contributed by atoms with van der Waals surface area (Å²) in [4.78, 5) is 27.4. The van der Waals surface area contributed by atoms with Gasteiger partial charge in [-0.25, -0.2) is 15.0 Å². The Bertz CT molecular complexity index is 628. The van der Waals surface area contributed by atoms with Gasteiger partial charge in [0.25, 0.3) is 0 Å². The summed E-state index contributed by atoms with van der Waals surface area (Å²) < 4.78 is 5.13. The number of ether oxygens (including phenoxy) is 1. The fourth-order valence-electron chi connectivity index (χ4n) is 1.98. The summed E-state index contributed by atoms with van der Waals surface area (Å²) in [6.45, 7) is 2.21. The number of rotatable bonds is 7. The number of thioether (sulfide) groups is 1. The third-order valence-corrected chi connectivity index (χ3v) is 4.24. The van der Waals surface area contributed by atoms with Crippen molar-refractivity contribution in [2.24, 2.45) is 0 Å². The fourth-order valence-corrected chi connectivity index (χ4v) is 2.95. The molecule has 1 saturated carbocycles. The summed E-state index contributed by atoms with van der Waals surface area (Å²) >= 11 is 1.50. The van der Waals surface area contributed by atoms with Gasteiger partial charge in [-0.1, -0.05) is 0 Å². The molecule has 112 valence electrons. The van der Waals surface area contributed by atoms with Gasteiger partial charge in [0.2, 0.25) is 0 Å². The van der Waals surface area contributed by atoms with Crippen LogP contribution in [0.25, 0.3) is 11.2 Å². The van der Waals surface area contributed by atoms with Gasteiger partial charge >= 0.3 is 5.97 Å². The standard InChI is InChI=1S/C13H17N5O2S/c1-2-20-13(19)9(18-8-3-4-8)5-21-12-10-11(15-6-14-10)16-7-17-12/h6-9,18H,2-5H2,1H3,(H,14,15,16,17). The lowest BCUT2D eigenvalue weighted by molar-refractivity contribution is -0.145. The number of carbonyl (C=O) groups excluding carboxylic acids is 1. The molecule has 1 aliphatic rings. The number of H-pyrrole nitrogens is 1. The second kappa shape index (κ2) is 6.40. The lowest BCUT2D eigenvalue weighted by Crippen LogP contribution is -2.41. The minimum absolute atomic E-state index is 0.202. The van der Waals surface area contributed by atoms with Crippen molar-refractivity contribution in [1.82, 2.24) is 25.3 Å². The minimum atomic E-state index is -0.310. The van der Waals surface area contributed by atoms with E-state index in [9.17, 15) is 4.79 Å². The van der Waals surface area contributed by atoms with Crippen molar-refractivity contribution in [3.05, 3.63) is 12.7 Å². The van der Waals surface area contributed by atoms with Crippen LogP contribution in [0.5, 0.6) is 0 Å². The van der Waals surface area contributed by atoms with E-state index in [0.717, 1.165) is 23.4 Å². The first kappa shape index (κ1) is 14.3. The van der Waals surface area contributed by atoms with Gasteiger partial charge in [0.15, 0.2) is 5.65 Å². The molecular weight excluding hydrogens is 290 g/mol. The number of hydrogen-bond donors (Lipinski definition) is 2. The van der Waals surface area contributed by atoms with Crippen molar-refractivity contribution >= 4 is 28.9 Å².